The van der Waals surface area contributed by atoms with E-state index in [9.17, 15) is 4.79 Å². The molecular weight excluding hydrogens is 528 g/mol. The molecule has 4 rings (SSSR count). The van der Waals surface area contributed by atoms with Gasteiger partial charge in [0.05, 0.1) is 30.9 Å². The largest absolute Gasteiger partial charge is 0.497 e. The minimum atomic E-state index is -0.0881. The highest BCUT2D eigenvalue weighted by Gasteiger charge is 2.33. The van der Waals surface area contributed by atoms with Crippen molar-refractivity contribution in [3.8, 4) is 11.5 Å². The zero-order valence-electron chi connectivity index (χ0n) is 19.4. The van der Waals surface area contributed by atoms with E-state index in [2.05, 4.69) is 15.9 Å². The highest BCUT2D eigenvalue weighted by atomic mass is 79.9. The molecule has 3 aromatic rings. The second-order valence-electron chi connectivity index (χ2n) is 7.64. The topological polar surface area (TPSA) is 60.4 Å². The number of aliphatic imine (C=N–C) groups is 1. The monoisotopic (exact) mass is 552 g/mol. The molecule has 180 valence electrons. The highest BCUT2D eigenvalue weighted by Crippen LogP contribution is 2.34. The fourth-order valence-corrected chi connectivity index (χ4v) is 4.59. The van der Waals surface area contributed by atoms with Crippen LogP contribution in [0.25, 0.3) is 6.08 Å². The van der Waals surface area contributed by atoms with Gasteiger partial charge in [0.2, 0.25) is 0 Å². The first-order valence-electron chi connectivity index (χ1n) is 11.0. The first kappa shape index (κ1) is 25.0. The van der Waals surface area contributed by atoms with Crippen molar-refractivity contribution in [3.63, 3.8) is 0 Å². The Morgan fingerprint density at radius 1 is 0.943 bits per heavy atom. The van der Waals surface area contributed by atoms with Gasteiger partial charge in [0.25, 0.3) is 5.91 Å². The lowest BCUT2D eigenvalue weighted by molar-refractivity contribution is -0.122. The molecule has 3 aromatic carbocycles. The quantitative estimate of drug-likeness (QED) is 0.292. The Morgan fingerprint density at radius 3 is 2.29 bits per heavy atom. The lowest BCUT2D eigenvalue weighted by Gasteiger charge is -2.14. The van der Waals surface area contributed by atoms with Gasteiger partial charge < -0.3 is 14.2 Å². The summed E-state index contributed by atoms with van der Waals surface area (Å²) in [4.78, 5) is 20.1. The van der Waals surface area contributed by atoms with Crippen molar-refractivity contribution in [1.82, 2.24) is 4.90 Å². The van der Waals surface area contributed by atoms with E-state index >= 15 is 0 Å². The Hall–Kier alpha value is -3.07. The number of ether oxygens (including phenoxy) is 3. The van der Waals surface area contributed by atoms with Crippen LogP contribution in [0, 0.1) is 0 Å². The van der Waals surface area contributed by atoms with Crippen LogP contribution < -0.4 is 9.47 Å². The Kier molecular flexibility index (Phi) is 8.63. The Morgan fingerprint density at radius 2 is 1.63 bits per heavy atom. The highest BCUT2D eigenvalue weighted by molar-refractivity contribution is 9.10. The first-order valence-corrected chi connectivity index (χ1v) is 12.6. The lowest BCUT2D eigenvalue weighted by atomic mass is 10.2. The Bertz CT molecular complexity index is 1210. The summed E-state index contributed by atoms with van der Waals surface area (Å²) >= 11 is 4.79. The normalized spacial score (nSPS) is 15.7. The van der Waals surface area contributed by atoms with Gasteiger partial charge >= 0.3 is 0 Å². The van der Waals surface area contributed by atoms with E-state index in [4.69, 9.17) is 19.2 Å². The third-order valence-corrected chi connectivity index (χ3v) is 6.74. The van der Waals surface area contributed by atoms with Crippen LogP contribution in [0.15, 0.2) is 87.2 Å². The van der Waals surface area contributed by atoms with Crippen LogP contribution in [-0.4, -0.2) is 43.3 Å². The minimum Gasteiger partial charge on any atom is -0.497 e. The van der Waals surface area contributed by atoms with Gasteiger partial charge in [0.1, 0.15) is 18.1 Å². The third kappa shape index (κ3) is 6.75. The molecule has 1 amide bonds. The lowest BCUT2D eigenvalue weighted by Crippen LogP contribution is -2.32. The number of carbonyl (C=O) groups excluding carboxylic acids is 1. The average molecular weight is 553 g/mol. The molecule has 0 spiro atoms. The number of amidine groups is 1. The van der Waals surface area contributed by atoms with E-state index in [1.54, 1.807) is 19.1 Å². The number of amides is 1. The summed E-state index contributed by atoms with van der Waals surface area (Å²) in [6.45, 7) is 1.34. The molecule has 0 unspecified atom stereocenters. The van der Waals surface area contributed by atoms with Crippen molar-refractivity contribution in [2.75, 3.05) is 27.4 Å². The van der Waals surface area contributed by atoms with Gasteiger partial charge in [-0.05, 0) is 77.5 Å². The van der Waals surface area contributed by atoms with Crippen molar-refractivity contribution >= 4 is 50.5 Å². The molecule has 0 bridgehead atoms. The third-order valence-electron chi connectivity index (χ3n) is 5.20. The van der Waals surface area contributed by atoms with Crippen molar-refractivity contribution in [3.05, 3.63) is 93.3 Å². The van der Waals surface area contributed by atoms with Crippen molar-refractivity contribution in [1.29, 1.82) is 0 Å². The summed E-state index contributed by atoms with van der Waals surface area (Å²) in [6.07, 6.45) is 1.88. The van der Waals surface area contributed by atoms with E-state index < -0.39 is 0 Å². The smallest absolute Gasteiger partial charge is 0.266 e. The summed E-state index contributed by atoms with van der Waals surface area (Å²) in [5, 5.41) is 0.623. The number of thioether (sulfide) groups is 1. The maximum Gasteiger partial charge on any atom is 0.266 e. The van der Waals surface area contributed by atoms with Gasteiger partial charge in [-0.1, -0.05) is 40.2 Å². The number of hydrogen-bond acceptors (Lipinski definition) is 6. The molecule has 1 heterocycles. The van der Waals surface area contributed by atoms with E-state index in [1.807, 2.05) is 78.9 Å². The average Bonchev–Trinajstić information content (AvgIpc) is 3.17. The summed E-state index contributed by atoms with van der Waals surface area (Å²) in [7, 11) is 3.24. The Balaban J connectivity index is 1.48. The van der Waals surface area contributed by atoms with Crippen molar-refractivity contribution in [2.45, 2.75) is 6.61 Å². The van der Waals surface area contributed by atoms with Crippen LogP contribution >= 0.6 is 27.7 Å². The standard InChI is InChI=1S/C27H25BrN2O4S/c1-32-16-15-30-26(31)25(35-27(30)29-22-9-13-23(33-2)14-10-22)17-19-5-11-24(12-6-19)34-18-20-3-7-21(28)8-4-20/h3-14,17H,15-16,18H2,1-2H3/b25-17-,29-27?. The number of benzene rings is 3. The molecule has 0 aromatic heterocycles. The molecule has 0 radical (unpaired) electrons. The predicted octanol–water partition coefficient (Wildman–Crippen LogP) is 6.29. The summed E-state index contributed by atoms with van der Waals surface area (Å²) in [5.74, 6) is 1.43. The number of carbonyl (C=O) groups is 1. The fourth-order valence-electron chi connectivity index (χ4n) is 3.30. The van der Waals surface area contributed by atoms with Gasteiger partial charge in [-0.25, -0.2) is 4.99 Å². The molecule has 1 aliphatic rings. The fraction of sp³-hybridized carbons (Fsp3) is 0.185. The molecule has 0 N–H and O–H groups in total. The van der Waals surface area contributed by atoms with Gasteiger partial charge in [-0.3, -0.25) is 9.69 Å². The molecule has 8 heteroatoms. The first-order chi connectivity index (χ1) is 17.1. The number of halogens is 1. The van der Waals surface area contributed by atoms with Crippen LogP contribution in [0.1, 0.15) is 11.1 Å². The van der Waals surface area contributed by atoms with Crippen LogP contribution in [0.4, 0.5) is 5.69 Å². The molecule has 35 heavy (non-hydrogen) atoms. The molecule has 0 saturated carbocycles. The van der Waals surface area contributed by atoms with Crippen LogP contribution in [0.2, 0.25) is 0 Å². The Labute approximate surface area is 217 Å². The molecule has 0 atom stereocenters. The number of nitrogens with zero attached hydrogens (tertiary/aromatic N) is 2. The second kappa shape index (κ2) is 12.1. The minimum absolute atomic E-state index is 0.0881. The zero-order chi connectivity index (χ0) is 24.6. The maximum absolute atomic E-state index is 13.1. The van der Waals surface area contributed by atoms with Crippen molar-refractivity contribution < 1.29 is 19.0 Å². The SMILES string of the molecule is COCCN1C(=O)/C(=C/c2ccc(OCc3ccc(Br)cc3)cc2)SC1=Nc1ccc(OC)cc1. The molecular formula is C27H25BrN2O4S. The molecule has 0 aliphatic carbocycles. The van der Waals surface area contributed by atoms with Gasteiger partial charge in [-0.2, -0.15) is 0 Å². The van der Waals surface area contributed by atoms with Crippen LogP contribution in [0.5, 0.6) is 11.5 Å². The van der Waals surface area contributed by atoms with E-state index in [0.717, 1.165) is 32.8 Å². The van der Waals surface area contributed by atoms with Gasteiger partial charge in [0, 0.05) is 11.6 Å². The summed E-state index contributed by atoms with van der Waals surface area (Å²) in [5.41, 5.74) is 2.75. The van der Waals surface area contributed by atoms with E-state index in [0.29, 0.717) is 29.8 Å². The summed E-state index contributed by atoms with van der Waals surface area (Å²) < 4.78 is 17.3. The maximum atomic E-state index is 13.1. The van der Waals surface area contributed by atoms with E-state index in [-0.39, 0.29) is 5.91 Å². The van der Waals surface area contributed by atoms with Crippen LogP contribution in [-0.2, 0) is 16.1 Å². The van der Waals surface area contributed by atoms with Crippen LogP contribution in [0.3, 0.4) is 0 Å². The van der Waals surface area contributed by atoms with Crippen molar-refractivity contribution in [2.24, 2.45) is 4.99 Å². The predicted molar refractivity (Wildman–Crippen MR) is 144 cm³/mol. The summed E-state index contributed by atoms with van der Waals surface area (Å²) in [6, 6.07) is 23.1. The molecule has 6 nitrogen and oxygen atoms in total. The number of rotatable bonds is 9. The molecule has 1 fully saturated rings. The molecule has 1 saturated heterocycles. The van der Waals surface area contributed by atoms with Gasteiger partial charge in [0.15, 0.2) is 5.17 Å². The molecule has 1 aliphatic heterocycles. The zero-order valence-corrected chi connectivity index (χ0v) is 21.8. The number of hydrogen-bond donors (Lipinski definition) is 0. The number of methoxy groups -OCH3 is 2. The van der Waals surface area contributed by atoms with Gasteiger partial charge in [-0.15, -0.1) is 0 Å². The second-order valence-corrected chi connectivity index (χ2v) is 9.56. The van der Waals surface area contributed by atoms with E-state index in [1.165, 1.54) is 11.8 Å².